The van der Waals surface area contributed by atoms with Crippen LogP contribution in [0.1, 0.15) is 10.4 Å². The molecule has 1 aromatic carbocycles. The van der Waals surface area contributed by atoms with Gasteiger partial charge in [0.25, 0.3) is 6.43 Å². The molecule has 1 rings (SSSR count). The van der Waals surface area contributed by atoms with E-state index in [2.05, 4.69) is 0 Å². The van der Waals surface area contributed by atoms with Crippen LogP contribution >= 0.6 is 0 Å². The largest absolute Gasteiger partial charge is 0.478 e. The minimum atomic E-state index is -2.53. The number of anilines is 2. The zero-order chi connectivity index (χ0) is 12.3. The summed E-state index contributed by atoms with van der Waals surface area (Å²) >= 11 is 0. The Morgan fingerprint density at radius 2 is 2.19 bits per heavy atom. The lowest BCUT2D eigenvalue weighted by Gasteiger charge is -2.21. The Morgan fingerprint density at radius 3 is 2.69 bits per heavy atom. The molecule has 0 aliphatic rings. The number of carbonyl (C=O) groups is 1. The van der Waals surface area contributed by atoms with Crippen molar-refractivity contribution in [3.63, 3.8) is 0 Å². The summed E-state index contributed by atoms with van der Waals surface area (Å²) in [5, 5.41) is 8.88. The number of benzene rings is 1. The monoisotopic (exact) mass is 230 g/mol. The highest BCUT2D eigenvalue weighted by Gasteiger charge is 2.16. The molecule has 6 heteroatoms. The van der Waals surface area contributed by atoms with Crippen LogP contribution < -0.4 is 10.6 Å². The van der Waals surface area contributed by atoms with Gasteiger partial charge in [0.1, 0.15) is 0 Å². The van der Waals surface area contributed by atoms with E-state index in [-0.39, 0.29) is 11.3 Å². The van der Waals surface area contributed by atoms with Gasteiger partial charge in [-0.2, -0.15) is 0 Å². The number of nitrogens with two attached hydrogens (primary N) is 1. The zero-order valence-corrected chi connectivity index (χ0v) is 8.65. The summed E-state index contributed by atoms with van der Waals surface area (Å²) in [5.74, 6) is -1.17. The number of alkyl halides is 2. The second kappa shape index (κ2) is 4.78. The molecule has 3 N–H and O–H groups in total. The summed E-state index contributed by atoms with van der Waals surface area (Å²) in [6.07, 6.45) is -2.53. The topological polar surface area (TPSA) is 66.6 Å². The molecule has 0 saturated carbocycles. The fourth-order valence-corrected chi connectivity index (χ4v) is 1.35. The molecule has 0 fully saturated rings. The maximum Gasteiger partial charge on any atom is 0.337 e. The molecule has 0 heterocycles. The molecule has 0 spiro atoms. The Morgan fingerprint density at radius 1 is 1.56 bits per heavy atom. The molecule has 0 radical (unpaired) electrons. The van der Waals surface area contributed by atoms with E-state index >= 15 is 0 Å². The first-order valence-corrected chi connectivity index (χ1v) is 4.54. The van der Waals surface area contributed by atoms with Crippen LogP contribution in [0.3, 0.4) is 0 Å². The molecule has 0 aliphatic heterocycles. The van der Waals surface area contributed by atoms with Crippen LogP contribution in [0.15, 0.2) is 18.2 Å². The Bertz CT molecular complexity index is 396. The molecule has 0 saturated heterocycles. The first-order valence-electron chi connectivity index (χ1n) is 4.54. The summed E-state index contributed by atoms with van der Waals surface area (Å²) in [7, 11) is 1.40. The summed E-state index contributed by atoms with van der Waals surface area (Å²) in [4.78, 5) is 12.0. The Balaban J connectivity index is 3.09. The van der Waals surface area contributed by atoms with Crippen molar-refractivity contribution < 1.29 is 18.7 Å². The van der Waals surface area contributed by atoms with Crippen molar-refractivity contribution in [2.24, 2.45) is 0 Å². The second-order valence-electron chi connectivity index (χ2n) is 3.35. The molecule has 88 valence electrons. The minimum Gasteiger partial charge on any atom is -0.478 e. The fourth-order valence-electron chi connectivity index (χ4n) is 1.35. The van der Waals surface area contributed by atoms with Crippen LogP contribution in [-0.2, 0) is 0 Å². The summed E-state index contributed by atoms with van der Waals surface area (Å²) in [6.45, 7) is -0.538. The van der Waals surface area contributed by atoms with Gasteiger partial charge in [-0.25, -0.2) is 13.6 Å². The predicted molar refractivity (Wildman–Crippen MR) is 57.1 cm³/mol. The van der Waals surface area contributed by atoms with Crippen LogP contribution in [0.25, 0.3) is 0 Å². The van der Waals surface area contributed by atoms with Gasteiger partial charge >= 0.3 is 5.97 Å². The van der Waals surface area contributed by atoms with Crippen molar-refractivity contribution in [3.05, 3.63) is 23.8 Å². The minimum absolute atomic E-state index is 0.0441. The highest BCUT2D eigenvalue weighted by Crippen LogP contribution is 2.23. The SMILES string of the molecule is CN(CC(F)F)c1cc(N)ccc1C(=O)O. The van der Waals surface area contributed by atoms with Crippen molar-refractivity contribution in [2.45, 2.75) is 6.43 Å². The van der Waals surface area contributed by atoms with Crippen molar-refractivity contribution >= 4 is 17.3 Å². The van der Waals surface area contributed by atoms with E-state index in [0.29, 0.717) is 5.69 Å². The molecule has 4 nitrogen and oxygen atoms in total. The molecule has 0 amide bonds. The first kappa shape index (κ1) is 12.2. The predicted octanol–water partition coefficient (Wildman–Crippen LogP) is 1.67. The molecule has 1 aromatic rings. The third-order valence-electron chi connectivity index (χ3n) is 2.08. The maximum atomic E-state index is 12.2. The van der Waals surface area contributed by atoms with Crippen LogP contribution in [0.5, 0.6) is 0 Å². The summed E-state index contributed by atoms with van der Waals surface area (Å²) < 4.78 is 24.4. The van der Waals surface area contributed by atoms with Gasteiger partial charge in [-0.3, -0.25) is 0 Å². The van der Waals surface area contributed by atoms with Crippen molar-refractivity contribution in [3.8, 4) is 0 Å². The lowest BCUT2D eigenvalue weighted by Crippen LogP contribution is -2.26. The van der Waals surface area contributed by atoms with Gasteiger partial charge in [0.05, 0.1) is 17.8 Å². The van der Waals surface area contributed by atoms with Gasteiger partial charge in [-0.1, -0.05) is 0 Å². The molecule has 0 bridgehead atoms. The van der Waals surface area contributed by atoms with E-state index in [0.717, 1.165) is 0 Å². The van der Waals surface area contributed by atoms with Gasteiger partial charge in [0.2, 0.25) is 0 Å². The summed E-state index contributed by atoms with van der Waals surface area (Å²) in [5.41, 5.74) is 5.97. The highest BCUT2D eigenvalue weighted by molar-refractivity contribution is 5.95. The number of carboxylic acid groups (broad SMARTS) is 1. The average molecular weight is 230 g/mol. The van der Waals surface area contributed by atoms with E-state index in [1.165, 1.54) is 30.1 Å². The first-order chi connectivity index (χ1) is 7.41. The van der Waals surface area contributed by atoms with E-state index in [9.17, 15) is 13.6 Å². The Labute approximate surface area is 91.3 Å². The number of halogens is 2. The maximum absolute atomic E-state index is 12.2. The number of carboxylic acids is 1. The Kier molecular flexibility index (Phi) is 3.65. The molecule has 0 aromatic heterocycles. The smallest absolute Gasteiger partial charge is 0.337 e. The third-order valence-corrected chi connectivity index (χ3v) is 2.08. The number of nitrogens with zero attached hydrogens (tertiary/aromatic N) is 1. The number of nitrogen functional groups attached to an aromatic ring is 1. The average Bonchev–Trinajstić information content (AvgIpc) is 2.15. The van der Waals surface area contributed by atoms with Gasteiger partial charge in [0, 0.05) is 12.7 Å². The van der Waals surface area contributed by atoms with Crippen LogP contribution in [0.4, 0.5) is 20.2 Å². The number of aromatic carboxylic acids is 1. The zero-order valence-electron chi connectivity index (χ0n) is 8.65. The number of hydrogen-bond donors (Lipinski definition) is 2. The van der Waals surface area contributed by atoms with Gasteiger partial charge in [-0.15, -0.1) is 0 Å². The molecule has 16 heavy (non-hydrogen) atoms. The molecule has 0 unspecified atom stereocenters. The van der Waals surface area contributed by atoms with Crippen molar-refractivity contribution in [1.29, 1.82) is 0 Å². The van der Waals surface area contributed by atoms with Crippen LogP contribution in [0.2, 0.25) is 0 Å². The van der Waals surface area contributed by atoms with Crippen molar-refractivity contribution in [2.75, 3.05) is 24.2 Å². The number of rotatable bonds is 4. The quantitative estimate of drug-likeness (QED) is 0.772. The summed E-state index contributed by atoms with van der Waals surface area (Å²) in [6, 6.07) is 4.09. The van der Waals surface area contributed by atoms with Crippen molar-refractivity contribution in [1.82, 2.24) is 0 Å². The highest BCUT2D eigenvalue weighted by atomic mass is 19.3. The number of hydrogen-bond acceptors (Lipinski definition) is 3. The van der Waals surface area contributed by atoms with E-state index < -0.39 is 18.9 Å². The normalized spacial score (nSPS) is 10.5. The van der Waals surface area contributed by atoms with E-state index in [1.807, 2.05) is 0 Å². The van der Waals surface area contributed by atoms with Gasteiger partial charge < -0.3 is 15.7 Å². The fraction of sp³-hybridized carbons (Fsp3) is 0.300. The standard InChI is InChI=1S/C10H12F2N2O2/c1-14(5-9(11)12)8-4-6(13)2-3-7(8)10(15)16/h2-4,9H,5,13H2,1H3,(H,15,16). The van der Waals surface area contributed by atoms with Gasteiger partial charge in [0.15, 0.2) is 0 Å². The van der Waals surface area contributed by atoms with Crippen LogP contribution in [0, 0.1) is 0 Å². The van der Waals surface area contributed by atoms with Crippen LogP contribution in [-0.4, -0.2) is 31.1 Å². The van der Waals surface area contributed by atoms with E-state index in [4.69, 9.17) is 10.8 Å². The Hall–Kier alpha value is -1.85. The lowest BCUT2D eigenvalue weighted by atomic mass is 10.1. The third kappa shape index (κ3) is 2.82. The molecule has 0 aliphatic carbocycles. The molecule has 0 atom stereocenters. The van der Waals surface area contributed by atoms with Gasteiger partial charge in [-0.05, 0) is 18.2 Å². The molecular weight excluding hydrogens is 218 g/mol. The lowest BCUT2D eigenvalue weighted by molar-refractivity contribution is 0.0697. The molecular formula is C10H12F2N2O2. The van der Waals surface area contributed by atoms with E-state index in [1.54, 1.807) is 0 Å². The second-order valence-corrected chi connectivity index (χ2v) is 3.35.